The Labute approximate surface area is 190 Å². The van der Waals surface area contributed by atoms with Crippen molar-refractivity contribution in [3.8, 4) is 11.5 Å². The molecule has 0 amide bonds. The van der Waals surface area contributed by atoms with Gasteiger partial charge >= 0.3 is 5.97 Å². The van der Waals surface area contributed by atoms with Crippen LogP contribution >= 0.6 is 0 Å². The molecule has 32 heavy (non-hydrogen) atoms. The fraction of sp³-hybridized carbons (Fsp3) is 0.480. The lowest BCUT2D eigenvalue weighted by atomic mass is 10.2. The van der Waals surface area contributed by atoms with E-state index in [2.05, 4.69) is 19.0 Å². The molecule has 0 aliphatic rings. The van der Waals surface area contributed by atoms with Crippen LogP contribution in [0.3, 0.4) is 0 Å². The topological polar surface area (TPSA) is 83.2 Å². The molecule has 0 unspecified atom stereocenters. The second-order valence-electron chi connectivity index (χ2n) is 7.46. The number of unbranched alkanes of at least 4 members (excludes halogenated alkanes) is 4. The Kier molecular flexibility index (Phi) is 11.8. The number of rotatable bonds is 15. The van der Waals surface area contributed by atoms with E-state index in [0.717, 1.165) is 25.0 Å². The molecule has 174 valence electrons. The van der Waals surface area contributed by atoms with E-state index in [4.69, 9.17) is 14.2 Å². The number of ether oxygens (including phenoxy) is 3. The molecule has 0 spiro atoms. The molecule has 0 heterocycles. The van der Waals surface area contributed by atoms with Crippen LogP contribution in [0.4, 0.5) is 11.4 Å². The van der Waals surface area contributed by atoms with Gasteiger partial charge in [-0.3, -0.25) is 4.79 Å². The van der Waals surface area contributed by atoms with Crippen molar-refractivity contribution in [1.29, 1.82) is 0 Å². The number of hydrogen-bond donors (Lipinski definition) is 0. The van der Waals surface area contributed by atoms with Crippen molar-refractivity contribution in [2.45, 2.75) is 58.8 Å². The Bertz CT molecular complexity index is 819. The number of benzene rings is 2. The van der Waals surface area contributed by atoms with Gasteiger partial charge in [-0.25, -0.2) is 0 Å². The smallest absolute Gasteiger partial charge is 0.313 e. The van der Waals surface area contributed by atoms with Gasteiger partial charge in [0.1, 0.15) is 17.2 Å². The van der Waals surface area contributed by atoms with Gasteiger partial charge in [0.25, 0.3) is 0 Å². The van der Waals surface area contributed by atoms with Crippen LogP contribution < -0.4 is 9.47 Å². The minimum Gasteiger partial charge on any atom is -0.594 e. The number of nitrogens with zero attached hydrogens (tertiary/aromatic N) is 2. The normalized spacial score (nSPS) is 11.4. The highest BCUT2D eigenvalue weighted by atomic mass is 16.5. The van der Waals surface area contributed by atoms with Crippen LogP contribution in [0.2, 0.25) is 0 Å². The third-order valence-electron chi connectivity index (χ3n) is 4.69. The van der Waals surface area contributed by atoms with E-state index in [9.17, 15) is 10.0 Å². The average Bonchev–Trinajstić information content (AvgIpc) is 2.80. The molecule has 2 rings (SSSR count). The zero-order valence-corrected chi connectivity index (χ0v) is 19.1. The molecule has 7 nitrogen and oxygen atoms in total. The summed E-state index contributed by atoms with van der Waals surface area (Å²) in [7, 11) is 0. The lowest BCUT2D eigenvalue weighted by molar-refractivity contribution is -0.435. The van der Waals surface area contributed by atoms with Crippen LogP contribution in [-0.4, -0.2) is 30.7 Å². The maximum atomic E-state index is 12.3. The standard InChI is InChI=1S/C25H34N2O5/c1-3-5-7-8-19-31-23-13-9-21(10-14-23)26-27(29)22-11-15-24(16-12-22)32-25(28)17-20-30-18-6-4-2/h9-16H,3-8,17-20H2,1-2H3. The lowest BCUT2D eigenvalue weighted by Crippen LogP contribution is -2.11. The summed E-state index contributed by atoms with van der Waals surface area (Å²) in [4.78, 5) is 12.4. The first-order chi connectivity index (χ1) is 15.6. The fourth-order valence-electron chi connectivity index (χ4n) is 2.82. The summed E-state index contributed by atoms with van der Waals surface area (Å²) >= 11 is 0. The minimum absolute atomic E-state index is 0.187. The Hall–Kier alpha value is -2.93. The molecule has 0 aromatic heterocycles. The number of azo groups is 1. The molecule has 0 fully saturated rings. The van der Waals surface area contributed by atoms with Crippen LogP contribution in [0.5, 0.6) is 11.5 Å². The second kappa shape index (κ2) is 15.0. The van der Waals surface area contributed by atoms with Crippen LogP contribution in [0, 0.1) is 5.21 Å². The highest BCUT2D eigenvalue weighted by Crippen LogP contribution is 2.23. The van der Waals surface area contributed by atoms with E-state index in [1.807, 2.05) is 0 Å². The van der Waals surface area contributed by atoms with E-state index in [1.165, 1.54) is 19.3 Å². The lowest BCUT2D eigenvalue weighted by Gasteiger charge is -2.06. The van der Waals surface area contributed by atoms with Crippen molar-refractivity contribution in [2.24, 2.45) is 5.11 Å². The maximum Gasteiger partial charge on any atom is 0.313 e. The molecular formula is C25H34N2O5. The van der Waals surface area contributed by atoms with Gasteiger partial charge in [0, 0.05) is 23.9 Å². The molecule has 2 aromatic carbocycles. The first-order valence-electron chi connectivity index (χ1n) is 11.4. The van der Waals surface area contributed by atoms with Gasteiger partial charge in [0.2, 0.25) is 5.69 Å². The fourth-order valence-corrected chi connectivity index (χ4v) is 2.82. The van der Waals surface area contributed by atoms with Crippen LogP contribution in [0.15, 0.2) is 53.6 Å². The van der Waals surface area contributed by atoms with Crippen molar-refractivity contribution >= 4 is 17.3 Å². The Morgan fingerprint density at radius 1 is 0.844 bits per heavy atom. The van der Waals surface area contributed by atoms with Gasteiger partial charge in [-0.2, -0.15) is 0 Å². The molecule has 0 aliphatic heterocycles. The quantitative estimate of drug-likeness (QED) is 0.0767. The van der Waals surface area contributed by atoms with Crippen molar-refractivity contribution in [3.63, 3.8) is 0 Å². The molecule has 0 bridgehead atoms. The molecule has 0 saturated heterocycles. The zero-order valence-electron chi connectivity index (χ0n) is 19.1. The summed E-state index contributed by atoms with van der Waals surface area (Å²) < 4.78 is 16.3. The summed E-state index contributed by atoms with van der Waals surface area (Å²) in [6.45, 7) is 5.94. The minimum atomic E-state index is -0.370. The molecule has 0 radical (unpaired) electrons. The first-order valence-corrected chi connectivity index (χ1v) is 11.4. The van der Waals surface area contributed by atoms with Crippen LogP contribution in [0.25, 0.3) is 0 Å². The Morgan fingerprint density at radius 2 is 1.53 bits per heavy atom. The predicted octanol–water partition coefficient (Wildman–Crippen LogP) is 6.68. The van der Waals surface area contributed by atoms with Gasteiger partial charge in [0.15, 0.2) is 0 Å². The summed E-state index contributed by atoms with van der Waals surface area (Å²) in [6, 6.07) is 13.4. The molecule has 0 N–H and O–H groups in total. The molecule has 0 saturated carbocycles. The highest BCUT2D eigenvalue weighted by Gasteiger charge is 2.08. The van der Waals surface area contributed by atoms with E-state index >= 15 is 0 Å². The largest absolute Gasteiger partial charge is 0.594 e. The van der Waals surface area contributed by atoms with Crippen LogP contribution in [-0.2, 0) is 9.53 Å². The Morgan fingerprint density at radius 3 is 2.22 bits per heavy atom. The highest BCUT2D eigenvalue weighted by molar-refractivity contribution is 5.72. The third kappa shape index (κ3) is 9.92. The third-order valence-corrected chi connectivity index (χ3v) is 4.69. The van der Waals surface area contributed by atoms with Gasteiger partial charge < -0.3 is 19.4 Å². The average molecular weight is 443 g/mol. The van der Waals surface area contributed by atoms with Gasteiger partial charge in [0.05, 0.1) is 19.6 Å². The summed E-state index contributed by atoms with van der Waals surface area (Å²) in [5.41, 5.74) is 0.862. The summed E-state index contributed by atoms with van der Waals surface area (Å²) in [5, 5.41) is 16.4. The monoisotopic (exact) mass is 442 g/mol. The molecular weight excluding hydrogens is 408 g/mol. The number of carbonyl (C=O) groups excluding carboxylic acids is 1. The summed E-state index contributed by atoms with van der Waals surface area (Å²) in [6.07, 6.45) is 6.84. The molecule has 2 aromatic rings. The van der Waals surface area contributed by atoms with Crippen molar-refractivity contribution in [3.05, 3.63) is 53.7 Å². The van der Waals surface area contributed by atoms with Gasteiger partial charge in [-0.15, -0.1) is 0 Å². The molecule has 0 aliphatic carbocycles. The van der Waals surface area contributed by atoms with Gasteiger partial charge in [-0.05, 0) is 49.2 Å². The summed E-state index contributed by atoms with van der Waals surface area (Å²) in [5.74, 6) is 0.770. The maximum absolute atomic E-state index is 12.3. The molecule has 7 heteroatoms. The first kappa shape index (κ1) is 25.3. The van der Waals surface area contributed by atoms with Crippen LogP contribution in [0.1, 0.15) is 58.8 Å². The van der Waals surface area contributed by atoms with Crippen molar-refractivity contribution < 1.29 is 23.9 Å². The van der Waals surface area contributed by atoms with E-state index in [0.29, 0.717) is 41.8 Å². The van der Waals surface area contributed by atoms with E-state index in [-0.39, 0.29) is 12.4 Å². The predicted molar refractivity (Wildman–Crippen MR) is 124 cm³/mol. The van der Waals surface area contributed by atoms with E-state index < -0.39 is 0 Å². The number of hydrogen-bond acceptors (Lipinski definition) is 6. The Balaban J connectivity index is 1.81. The van der Waals surface area contributed by atoms with Gasteiger partial charge in [-0.1, -0.05) is 44.4 Å². The van der Waals surface area contributed by atoms with Crippen molar-refractivity contribution in [2.75, 3.05) is 19.8 Å². The molecule has 0 atom stereocenters. The van der Waals surface area contributed by atoms with Crippen molar-refractivity contribution in [1.82, 2.24) is 0 Å². The van der Waals surface area contributed by atoms with E-state index in [1.54, 1.807) is 48.5 Å². The number of carbonyl (C=O) groups is 1. The second-order valence-corrected chi connectivity index (χ2v) is 7.46. The number of esters is 1. The zero-order chi connectivity index (χ0) is 23.0. The SMILES string of the molecule is CCCCCCOc1ccc(N=[N+]([O-])c2ccc(OC(=O)CCOCCCC)cc2)cc1.